The first-order valence-corrected chi connectivity index (χ1v) is 12.9. The highest BCUT2D eigenvalue weighted by molar-refractivity contribution is 5.93. The van der Waals surface area contributed by atoms with Gasteiger partial charge in [0, 0.05) is 61.4 Å². The molecule has 8 heteroatoms. The highest BCUT2D eigenvalue weighted by Gasteiger charge is 2.26. The van der Waals surface area contributed by atoms with E-state index in [2.05, 4.69) is 32.2 Å². The highest BCUT2D eigenvalue weighted by Crippen LogP contribution is 2.26. The van der Waals surface area contributed by atoms with Crippen LogP contribution in [0.1, 0.15) is 36.9 Å². The van der Waals surface area contributed by atoms with Gasteiger partial charge in [-0.2, -0.15) is 0 Å². The summed E-state index contributed by atoms with van der Waals surface area (Å²) in [5.41, 5.74) is 11.1. The molecule has 0 radical (unpaired) electrons. The number of hydrogen-bond acceptors (Lipinski definition) is 5. The van der Waals surface area contributed by atoms with Crippen molar-refractivity contribution < 1.29 is 9.18 Å². The Morgan fingerprint density at radius 1 is 1.08 bits per heavy atom. The van der Waals surface area contributed by atoms with Crippen molar-refractivity contribution in [2.45, 2.75) is 45.2 Å². The lowest BCUT2D eigenvalue weighted by atomic mass is 9.95. The van der Waals surface area contributed by atoms with Crippen molar-refractivity contribution in [3.63, 3.8) is 0 Å². The highest BCUT2D eigenvalue weighted by atomic mass is 19.1. The Morgan fingerprint density at radius 3 is 2.56 bits per heavy atom. The number of rotatable bonds is 6. The van der Waals surface area contributed by atoms with Crippen LogP contribution < -0.4 is 16.0 Å². The van der Waals surface area contributed by atoms with Gasteiger partial charge in [-0.3, -0.25) is 9.69 Å². The number of aryl methyl sites for hydroxylation is 1. The molecule has 2 aliphatic rings. The zero-order valence-corrected chi connectivity index (χ0v) is 20.9. The second-order valence-electron chi connectivity index (χ2n) is 10.2. The number of hydrogen-bond donors (Lipinski definition) is 2. The van der Waals surface area contributed by atoms with E-state index in [1.54, 1.807) is 12.1 Å². The first-order chi connectivity index (χ1) is 17.4. The Bertz CT molecular complexity index is 1190. The predicted octanol–water partition coefficient (Wildman–Crippen LogP) is 4.10. The lowest BCUT2D eigenvalue weighted by Gasteiger charge is -2.33. The topological polar surface area (TPSA) is 79.4 Å². The smallest absolute Gasteiger partial charge is 0.227 e. The first kappa shape index (κ1) is 24.5. The SMILES string of the molecule is Cc1cn(-c2cc(CN3CCC[C@H](N)C3)cc(NC(=O)C3CCN(c4ccc(F)cc4)CC3)c2)cn1. The third-order valence-corrected chi connectivity index (χ3v) is 7.26. The molecule has 5 rings (SSSR count). The van der Waals surface area contributed by atoms with Crippen LogP contribution in [0.2, 0.25) is 0 Å². The molecule has 3 aromatic rings. The van der Waals surface area contributed by atoms with E-state index in [9.17, 15) is 9.18 Å². The molecule has 2 aromatic carbocycles. The van der Waals surface area contributed by atoms with Crippen molar-refractivity contribution in [2.24, 2.45) is 11.7 Å². The second-order valence-corrected chi connectivity index (χ2v) is 10.2. The van der Waals surface area contributed by atoms with Crippen LogP contribution in [0.3, 0.4) is 0 Å². The number of nitrogens with zero attached hydrogens (tertiary/aromatic N) is 4. The summed E-state index contributed by atoms with van der Waals surface area (Å²) in [4.78, 5) is 22.2. The molecule has 2 fully saturated rings. The van der Waals surface area contributed by atoms with Gasteiger partial charge in [-0.05, 0) is 87.2 Å². The summed E-state index contributed by atoms with van der Waals surface area (Å²) in [5.74, 6) is -0.230. The van der Waals surface area contributed by atoms with E-state index in [1.807, 2.05) is 30.1 Å². The minimum atomic E-state index is -0.233. The summed E-state index contributed by atoms with van der Waals surface area (Å²) >= 11 is 0. The number of amides is 1. The van der Waals surface area contributed by atoms with Crippen LogP contribution in [0, 0.1) is 18.7 Å². The van der Waals surface area contributed by atoms with E-state index >= 15 is 0 Å². The molecule has 0 saturated carbocycles. The fourth-order valence-electron chi connectivity index (χ4n) is 5.34. The molecule has 2 aliphatic heterocycles. The molecule has 3 heterocycles. The van der Waals surface area contributed by atoms with Crippen LogP contribution in [-0.2, 0) is 11.3 Å². The molecular formula is C28H35FN6O. The molecule has 0 unspecified atom stereocenters. The number of nitrogens with one attached hydrogen (secondary N) is 1. The average Bonchev–Trinajstić information content (AvgIpc) is 3.31. The number of halogens is 1. The number of nitrogens with two attached hydrogens (primary N) is 1. The summed E-state index contributed by atoms with van der Waals surface area (Å²) in [6.45, 7) is 6.25. The van der Waals surface area contributed by atoms with Gasteiger partial charge in [-0.25, -0.2) is 9.37 Å². The Hall–Kier alpha value is -3.23. The first-order valence-electron chi connectivity index (χ1n) is 12.9. The van der Waals surface area contributed by atoms with E-state index in [0.717, 1.165) is 86.7 Å². The maximum absolute atomic E-state index is 13.3. The van der Waals surface area contributed by atoms with E-state index < -0.39 is 0 Å². The van der Waals surface area contributed by atoms with Crippen LogP contribution in [0.15, 0.2) is 55.0 Å². The van der Waals surface area contributed by atoms with Crippen molar-refractivity contribution >= 4 is 17.3 Å². The largest absolute Gasteiger partial charge is 0.371 e. The second kappa shape index (κ2) is 10.8. The molecule has 1 amide bonds. The Balaban J connectivity index is 1.28. The molecule has 1 aromatic heterocycles. The Morgan fingerprint density at radius 2 is 1.86 bits per heavy atom. The minimum Gasteiger partial charge on any atom is -0.371 e. The van der Waals surface area contributed by atoms with Crippen molar-refractivity contribution in [3.8, 4) is 5.69 Å². The number of carbonyl (C=O) groups is 1. The third-order valence-electron chi connectivity index (χ3n) is 7.26. The fraction of sp³-hybridized carbons (Fsp3) is 0.429. The minimum absolute atomic E-state index is 0.0515. The molecule has 1 atom stereocenters. The zero-order valence-electron chi connectivity index (χ0n) is 20.9. The number of piperidine rings is 2. The molecule has 0 aliphatic carbocycles. The number of benzene rings is 2. The molecule has 3 N–H and O–H groups in total. The maximum Gasteiger partial charge on any atom is 0.227 e. The Kier molecular flexibility index (Phi) is 7.34. The summed E-state index contributed by atoms with van der Waals surface area (Å²) in [5, 5.41) is 3.19. The molecular weight excluding hydrogens is 455 g/mol. The predicted molar refractivity (Wildman–Crippen MR) is 141 cm³/mol. The van der Waals surface area contributed by atoms with E-state index in [0.29, 0.717) is 0 Å². The maximum atomic E-state index is 13.3. The van der Waals surface area contributed by atoms with Crippen molar-refractivity contribution in [1.29, 1.82) is 0 Å². The van der Waals surface area contributed by atoms with Crippen LogP contribution in [-0.4, -0.2) is 52.6 Å². The normalized spacial score (nSPS) is 19.4. The molecule has 36 heavy (non-hydrogen) atoms. The lowest BCUT2D eigenvalue weighted by Crippen LogP contribution is -2.42. The fourth-order valence-corrected chi connectivity index (χ4v) is 5.34. The number of aromatic nitrogens is 2. The summed E-state index contributed by atoms with van der Waals surface area (Å²) in [6.07, 6.45) is 7.52. The van der Waals surface area contributed by atoms with Gasteiger partial charge in [0.15, 0.2) is 0 Å². The van der Waals surface area contributed by atoms with Gasteiger partial charge in [-0.1, -0.05) is 0 Å². The molecule has 2 saturated heterocycles. The van der Waals surface area contributed by atoms with Gasteiger partial charge < -0.3 is 20.5 Å². The van der Waals surface area contributed by atoms with Gasteiger partial charge in [0.2, 0.25) is 5.91 Å². The van der Waals surface area contributed by atoms with E-state index in [-0.39, 0.29) is 23.7 Å². The summed E-state index contributed by atoms with van der Waals surface area (Å²) < 4.78 is 15.3. The van der Waals surface area contributed by atoms with Crippen molar-refractivity contribution in [3.05, 3.63) is 72.1 Å². The number of likely N-dealkylation sites (tertiary alicyclic amines) is 1. The Labute approximate surface area is 212 Å². The van der Waals surface area contributed by atoms with E-state index in [1.165, 1.54) is 12.1 Å². The van der Waals surface area contributed by atoms with Crippen LogP contribution in [0.25, 0.3) is 5.69 Å². The van der Waals surface area contributed by atoms with E-state index in [4.69, 9.17) is 5.73 Å². The van der Waals surface area contributed by atoms with Crippen LogP contribution in [0.4, 0.5) is 15.8 Å². The van der Waals surface area contributed by atoms with Gasteiger partial charge in [0.1, 0.15) is 5.82 Å². The van der Waals surface area contributed by atoms with Crippen molar-refractivity contribution in [2.75, 3.05) is 36.4 Å². The lowest BCUT2D eigenvalue weighted by molar-refractivity contribution is -0.120. The zero-order chi connectivity index (χ0) is 25.1. The number of imidazole rings is 1. The monoisotopic (exact) mass is 490 g/mol. The summed E-state index contributed by atoms with van der Waals surface area (Å²) in [6, 6.07) is 13.1. The summed E-state index contributed by atoms with van der Waals surface area (Å²) in [7, 11) is 0. The molecule has 0 bridgehead atoms. The molecule has 0 spiro atoms. The van der Waals surface area contributed by atoms with Gasteiger partial charge in [0.05, 0.1) is 12.0 Å². The van der Waals surface area contributed by atoms with Crippen molar-refractivity contribution in [1.82, 2.24) is 14.5 Å². The van der Waals surface area contributed by atoms with Crippen LogP contribution in [0.5, 0.6) is 0 Å². The average molecular weight is 491 g/mol. The quantitative estimate of drug-likeness (QED) is 0.544. The number of carbonyl (C=O) groups excluding carboxylic acids is 1. The van der Waals surface area contributed by atoms with Crippen LogP contribution >= 0.6 is 0 Å². The van der Waals surface area contributed by atoms with Gasteiger partial charge >= 0.3 is 0 Å². The van der Waals surface area contributed by atoms with Gasteiger partial charge in [-0.15, -0.1) is 0 Å². The standard InChI is InChI=1S/C28H35FN6O/c1-20-16-35(19-31-20)27-14-21(17-33-10-2-3-24(30)18-33)13-25(15-27)32-28(36)22-8-11-34(12-9-22)26-6-4-23(29)5-7-26/h4-7,13-16,19,22,24H,2-3,8-12,17-18,30H2,1H3,(H,32,36)/t24-/m0/s1. The molecule has 190 valence electrons. The van der Waals surface area contributed by atoms with Gasteiger partial charge in [0.25, 0.3) is 0 Å². The number of anilines is 2. The third kappa shape index (κ3) is 5.94. The molecule has 7 nitrogen and oxygen atoms in total.